The van der Waals surface area contributed by atoms with Crippen molar-refractivity contribution in [3.8, 4) is 11.5 Å². The van der Waals surface area contributed by atoms with E-state index < -0.39 is 12.2 Å². The van der Waals surface area contributed by atoms with Crippen LogP contribution in [0.15, 0.2) is 60.7 Å². The summed E-state index contributed by atoms with van der Waals surface area (Å²) in [5.74, 6) is 1.46. The molecule has 0 aliphatic rings. The summed E-state index contributed by atoms with van der Waals surface area (Å²) in [6, 6.07) is 18.8. The molecule has 0 spiro atoms. The van der Waals surface area contributed by atoms with Crippen LogP contribution >= 0.6 is 0 Å². The molecule has 8 heteroatoms. The van der Waals surface area contributed by atoms with Gasteiger partial charge in [-0.1, -0.05) is 62.1 Å². The number of carbonyl (C=O) groups is 2. The van der Waals surface area contributed by atoms with E-state index in [0.717, 1.165) is 50.0 Å². The van der Waals surface area contributed by atoms with Crippen LogP contribution in [0.1, 0.15) is 51.4 Å². The summed E-state index contributed by atoms with van der Waals surface area (Å²) in [6.45, 7) is 0.554. The van der Waals surface area contributed by atoms with Gasteiger partial charge in [0, 0.05) is 0 Å². The first-order chi connectivity index (χ1) is 16.5. The molecule has 0 saturated heterocycles. The quantitative estimate of drug-likeness (QED) is 0.305. The molecule has 0 heterocycles. The Bertz CT molecular complexity index is 749. The van der Waals surface area contributed by atoms with Gasteiger partial charge in [-0.05, 0) is 49.9 Å². The van der Waals surface area contributed by atoms with Gasteiger partial charge in [-0.2, -0.15) is 0 Å². The van der Waals surface area contributed by atoms with E-state index in [9.17, 15) is 9.59 Å². The number of hydrogen-bond acceptors (Lipinski definition) is 6. The van der Waals surface area contributed by atoms with Crippen molar-refractivity contribution >= 4 is 12.2 Å². The first kappa shape index (κ1) is 26.8. The van der Waals surface area contributed by atoms with Gasteiger partial charge in [0.2, 0.25) is 0 Å². The molecule has 0 aliphatic carbocycles. The summed E-state index contributed by atoms with van der Waals surface area (Å²) in [5.41, 5.74) is 10.4. The van der Waals surface area contributed by atoms with Crippen LogP contribution in [0.4, 0.5) is 9.59 Å². The number of hydrogen-bond donors (Lipinski definition) is 2. The van der Waals surface area contributed by atoms with Crippen molar-refractivity contribution in [3.63, 3.8) is 0 Å². The number of benzene rings is 2. The Morgan fingerprint density at radius 3 is 1.29 bits per heavy atom. The van der Waals surface area contributed by atoms with Crippen LogP contribution in [-0.2, 0) is 9.47 Å². The first-order valence-electron chi connectivity index (χ1n) is 11.8. The second-order valence-electron chi connectivity index (χ2n) is 8.06. The molecule has 0 aliphatic heterocycles. The molecule has 8 nitrogen and oxygen atoms in total. The summed E-state index contributed by atoms with van der Waals surface area (Å²) in [7, 11) is 0. The molecule has 0 radical (unpaired) electrons. The third-order valence-electron chi connectivity index (χ3n) is 5.23. The van der Waals surface area contributed by atoms with Crippen molar-refractivity contribution in [3.05, 3.63) is 60.7 Å². The van der Waals surface area contributed by atoms with E-state index in [1.807, 2.05) is 60.7 Å². The molecule has 2 amide bonds. The number of amides is 2. The lowest BCUT2D eigenvalue weighted by Gasteiger charge is -2.18. The van der Waals surface area contributed by atoms with Crippen molar-refractivity contribution in [1.29, 1.82) is 0 Å². The Morgan fingerprint density at radius 1 is 0.588 bits per heavy atom. The molecule has 0 bridgehead atoms. The Hall–Kier alpha value is -3.42. The van der Waals surface area contributed by atoms with E-state index >= 15 is 0 Å². The summed E-state index contributed by atoms with van der Waals surface area (Å²) >= 11 is 0. The minimum absolute atomic E-state index is 0.277. The molecule has 2 rings (SSSR count). The Balaban J connectivity index is 1.58. The number of carbonyl (C=O) groups excluding carboxylic acids is 2. The predicted octanol–water partition coefficient (Wildman–Crippen LogP) is 5.19. The molecular formula is C26H36N2O6. The van der Waals surface area contributed by atoms with E-state index in [-0.39, 0.29) is 25.4 Å². The smallest absolute Gasteiger partial charge is 0.404 e. The zero-order chi connectivity index (χ0) is 24.4. The van der Waals surface area contributed by atoms with E-state index in [0.29, 0.717) is 12.8 Å². The summed E-state index contributed by atoms with van der Waals surface area (Å²) in [5, 5.41) is 0. The lowest BCUT2D eigenvalue weighted by atomic mass is 10.0. The number of para-hydroxylation sites is 2. The molecular weight excluding hydrogens is 436 g/mol. The highest BCUT2D eigenvalue weighted by molar-refractivity contribution is 5.65. The topological polar surface area (TPSA) is 123 Å². The van der Waals surface area contributed by atoms with Gasteiger partial charge >= 0.3 is 12.2 Å². The van der Waals surface area contributed by atoms with Crippen molar-refractivity contribution in [2.75, 3.05) is 13.2 Å². The zero-order valence-electron chi connectivity index (χ0n) is 19.6. The number of ether oxygens (including phenoxy) is 4. The van der Waals surface area contributed by atoms with Gasteiger partial charge < -0.3 is 30.4 Å². The third kappa shape index (κ3) is 12.6. The minimum Gasteiger partial charge on any atom is -0.490 e. The van der Waals surface area contributed by atoms with Crippen LogP contribution in [0.3, 0.4) is 0 Å². The van der Waals surface area contributed by atoms with Crippen molar-refractivity contribution < 1.29 is 28.5 Å². The van der Waals surface area contributed by atoms with E-state index in [1.54, 1.807) is 0 Å². The lowest BCUT2D eigenvalue weighted by molar-refractivity contribution is 0.0637. The molecule has 0 saturated carbocycles. The number of unbranched alkanes of at least 4 members (excludes halogenated alkanes) is 5. The van der Waals surface area contributed by atoms with E-state index in [1.165, 1.54) is 0 Å². The Kier molecular flexibility index (Phi) is 12.8. The largest absolute Gasteiger partial charge is 0.490 e. The summed E-state index contributed by atoms with van der Waals surface area (Å²) < 4.78 is 21.7. The van der Waals surface area contributed by atoms with Gasteiger partial charge in [0.15, 0.2) is 0 Å². The number of nitrogens with two attached hydrogens (primary N) is 2. The maximum absolute atomic E-state index is 11.2. The van der Waals surface area contributed by atoms with Gasteiger partial charge in [0.05, 0.1) is 0 Å². The van der Waals surface area contributed by atoms with E-state index in [2.05, 4.69) is 0 Å². The number of rotatable bonds is 17. The highest BCUT2D eigenvalue weighted by atomic mass is 16.6. The first-order valence-corrected chi connectivity index (χ1v) is 11.8. The standard InChI is InChI=1S/C26H36N2O6/c27-25(29)33-23(19-31-21-13-9-5-10-14-21)17-7-3-1-2-4-8-18-24(34-26(28)30)20-32-22-15-11-6-12-16-22/h5-6,9-16,23-24H,1-4,7-8,17-20H2,(H2,27,29)(H2,28,30). The van der Waals surface area contributed by atoms with Crippen LogP contribution in [0.25, 0.3) is 0 Å². The van der Waals surface area contributed by atoms with Gasteiger partial charge in [0.1, 0.15) is 36.9 Å². The van der Waals surface area contributed by atoms with Crippen molar-refractivity contribution in [1.82, 2.24) is 0 Å². The van der Waals surface area contributed by atoms with E-state index in [4.69, 9.17) is 30.4 Å². The third-order valence-corrected chi connectivity index (χ3v) is 5.23. The van der Waals surface area contributed by atoms with Crippen molar-refractivity contribution in [2.24, 2.45) is 11.5 Å². The highest BCUT2D eigenvalue weighted by Gasteiger charge is 2.15. The Labute approximate surface area is 201 Å². The van der Waals surface area contributed by atoms with Crippen LogP contribution in [0, 0.1) is 0 Å². The van der Waals surface area contributed by atoms with Gasteiger partial charge in [-0.3, -0.25) is 0 Å². The fourth-order valence-electron chi connectivity index (χ4n) is 3.54. The van der Waals surface area contributed by atoms with Crippen LogP contribution in [0.5, 0.6) is 11.5 Å². The molecule has 0 fully saturated rings. The second-order valence-corrected chi connectivity index (χ2v) is 8.06. The fourth-order valence-corrected chi connectivity index (χ4v) is 3.54. The van der Waals surface area contributed by atoms with Crippen molar-refractivity contribution in [2.45, 2.75) is 63.6 Å². The van der Waals surface area contributed by atoms with Crippen LogP contribution in [-0.4, -0.2) is 37.6 Å². The Morgan fingerprint density at radius 2 is 0.941 bits per heavy atom. The predicted molar refractivity (Wildman–Crippen MR) is 130 cm³/mol. The highest BCUT2D eigenvalue weighted by Crippen LogP contribution is 2.16. The van der Waals surface area contributed by atoms with Gasteiger partial charge in [0.25, 0.3) is 0 Å². The average Bonchev–Trinajstić information content (AvgIpc) is 2.83. The van der Waals surface area contributed by atoms with Gasteiger partial charge in [-0.15, -0.1) is 0 Å². The zero-order valence-corrected chi connectivity index (χ0v) is 19.6. The molecule has 2 aromatic carbocycles. The minimum atomic E-state index is -0.786. The molecule has 4 N–H and O–H groups in total. The van der Waals surface area contributed by atoms with Crippen LogP contribution in [0.2, 0.25) is 0 Å². The summed E-state index contributed by atoms with van der Waals surface area (Å²) in [4.78, 5) is 22.3. The normalized spacial score (nSPS) is 12.4. The fraction of sp³-hybridized carbons (Fsp3) is 0.462. The maximum atomic E-state index is 11.2. The number of primary amides is 2. The van der Waals surface area contributed by atoms with Crippen LogP contribution < -0.4 is 20.9 Å². The summed E-state index contributed by atoms with van der Waals surface area (Å²) in [6.07, 6.45) is 5.06. The molecule has 2 unspecified atom stereocenters. The second kappa shape index (κ2) is 16.2. The SMILES string of the molecule is NC(=O)OC(CCCCCCCCC(COc1ccccc1)OC(N)=O)COc1ccccc1. The molecule has 34 heavy (non-hydrogen) atoms. The lowest BCUT2D eigenvalue weighted by Crippen LogP contribution is -2.28. The molecule has 0 aromatic heterocycles. The molecule has 2 aromatic rings. The maximum Gasteiger partial charge on any atom is 0.404 e. The average molecular weight is 473 g/mol. The van der Waals surface area contributed by atoms with Gasteiger partial charge in [-0.25, -0.2) is 9.59 Å². The molecule has 186 valence electrons. The monoisotopic (exact) mass is 472 g/mol. The molecule has 2 atom stereocenters.